The summed E-state index contributed by atoms with van der Waals surface area (Å²) in [5.74, 6) is -0.571. The number of ether oxygens (including phenoxy) is 1. The fourth-order valence-corrected chi connectivity index (χ4v) is 1.84. The molecule has 18 heavy (non-hydrogen) atoms. The maximum atomic E-state index is 11.4. The third-order valence-corrected chi connectivity index (χ3v) is 3.23. The largest absolute Gasteiger partial charge is 0.463 e. The Morgan fingerprint density at radius 2 is 1.78 bits per heavy atom. The van der Waals surface area contributed by atoms with Gasteiger partial charge in [-0.05, 0) is 40.0 Å². The van der Waals surface area contributed by atoms with E-state index in [-0.39, 0.29) is 17.9 Å². The van der Waals surface area contributed by atoms with Crippen molar-refractivity contribution in [2.45, 2.75) is 40.0 Å². The minimum Gasteiger partial charge on any atom is -0.463 e. The molecule has 0 aromatic carbocycles. The van der Waals surface area contributed by atoms with Crippen LogP contribution in [0.1, 0.15) is 40.0 Å². The molecule has 0 bridgehead atoms. The highest BCUT2D eigenvalue weighted by Crippen LogP contribution is 2.13. The number of unbranched alkanes of at least 4 members (excludes halogenated alkanes) is 1. The van der Waals surface area contributed by atoms with E-state index >= 15 is 0 Å². The van der Waals surface area contributed by atoms with Gasteiger partial charge in [-0.2, -0.15) is 8.42 Å². The van der Waals surface area contributed by atoms with Gasteiger partial charge in [-0.25, -0.2) is 4.79 Å². The Labute approximate surface area is 109 Å². The Morgan fingerprint density at radius 1 is 1.22 bits per heavy atom. The molecule has 0 aromatic rings. The van der Waals surface area contributed by atoms with E-state index in [1.54, 1.807) is 13.8 Å². The van der Waals surface area contributed by atoms with Crippen LogP contribution in [0.25, 0.3) is 0 Å². The third-order valence-electron chi connectivity index (χ3n) is 2.43. The van der Waals surface area contributed by atoms with Crippen molar-refractivity contribution in [3.05, 3.63) is 11.1 Å². The van der Waals surface area contributed by atoms with Crippen molar-refractivity contribution < 1.29 is 22.5 Å². The molecular weight excluding hydrogens is 258 g/mol. The third kappa shape index (κ3) is 9.15. The van der Waals surface area contributed by atoms with Crippen LogP contribution in [0, 0.1) is 0 Å². The van der Waals surface area contributed by atoms with Crippen LogP contribution in [-0.4, -0.2) is 31.3 Å². The maximum absolute atomic E-state index is 11.4. The number of carbonyl (C=O) groups is 1. The van der Waals surface area contributed by atoms with E-state index in [2.05, 4.69) is 0 Å². The fourth-order valence-electron chi connectivity index (χ4n) is 1.28. The van der Waals surface area contributed by atoms with E-state index < -0.39 is 10.1 Å². The van der Waals surface area contributed by atoms with E-state index in [1.165, 1.54) is 0 Å². The van der Waals surface area contributed by atoms with Crippen LogP contribution in [0.3, 0.4) is 0 Å². The monoisotopic (exact) mass is 281 g/mol. The fraction of sp³-hybridized carbons (Fsp3) is 0.727. The van der Waals surface area contributed by atoms with Gasteiger partial charge in [-0.3, -0.25) is 4.55 Å². The maximum Gasteiger partial charge on any atom is 0.333 e. The van der Waals surface area contributed by atoms with Gasteiger partial charge in [0.25, 0.3) is 10.1 Å². The van der Waals surface area contributed by atoms with Gasteiger partial charge in [0, 0.05) is 5.57 Å². The number of esters is 1. The second-order valence-corrected chi connectivity index (χ2v) is 5.44. The first-order valence-corrected chi connectivity index (χ1v) is 7.17. The Hall–Kier alpha value is -0.920. The van der Waals surface area contributed by atoms with Crippen molar-refractivity contribution in [1.29, 1.82) is 0 Å². The molecule has 7 heteroatoms. The molecule has 0 amide bonds. The predicted molar refractivity (Wildman–Crippen MR) is 70.3 cm³/mol. The van der Waals surface area contributed by atoms with Crippen molar-refractivity contribution in [3.8, 4) is 0 Å². The summed E-state index contributed by atoms with van der Waals surface area (Å²) in [5, 5.41) is 0. The van der Waals surface area contributed by atoms with E-state index in [4.69, 9.17) is 9.29 Å². The molecule has 4 N–H and O–H groups in total. The number of rotatable bonds is 7. The number of hydrogen-bond acceptors (Lipinski definition) is 5. The van der Waals surface area contributed by atoms with Crippen molar-refractivity contribution >= 4 is 16.1 Å². The highest BCUT2D eigenvalue weighted by atomic mass is 32.2. The zero-order valence-electron chi connectivity index (χ0n) is 11.2. The molecule has 0 aliphatic rings. The molecule has 6 nitrogen and oxygen atoms in total. The summed E-state index contributed by atoms with van der Waals surface area (Å²) in [6, 6.07) is 0. The van der Waals surface area contributed by atoms with Crippen LogP contribution in [0.15, 0.2) is 11.1 Å². The van der Waals surface area contributed by atoms with Gasteiger partial charge in [0.05, 0.1) is 12.4 Å². The van der Waals surface area contributed by atoms with Crippen molar-refractivity contribution in [2.24, 2.45) is 0 Å². The number of hydrogen-bond donors (Lipinski definition) is 2. The van der Waals surface area contributed by atoms with E-state index in [0.29, 0.717) is 31.4 Å². The summed E-state index contributed by atoms with van der Waals surface area (Å²) in [6.45, 7) is 5.59. The highest BCUT2D eigenvalue weighted by molar-refractivity contribution is 7.85. The van der Waals surface area contributed by atoms with Crippen LogP contribution in [-0.2, 0) is 19.6 Å². The molecule has 0 saturated heterocycles. The minimum absolute atomic E-state index is 0. The highest BCUT2D eigenvalue weighted by Gasteiger charge is 2.09. The SMILES string of the molecule is CCOC(=O)C(C)=C(C)CCCCS(=O)(=O)O.N. The first-order chi connectivity index (χ1) is 7.78. The molecule has 0 rings (SSSR count). The topological polar surface area (TPSA) is 116 Å². The summed E-state index contributed by atoms with van der Waals surface area (Å²) in [7, 11) is -3.87. The zero-order chi connectivity index (χ0) is 13.5. The second kappa shape index (κ2) is 9.07. The smallest absolute Gasteiger partial charge is 0.333 e. The lowest BCUT2D eigenvalue weighted by Gasteiger charge is -2.07. The molecule has 0 aliphatic carbocycles. The molecule has 108 valence electrons. The Bertz CT molecular complexity index is 386. The average Bonchev–Trinajstić information content (AvgIpc) is 2.22. The van der Waals surface area contributed by atoms with E-state index in [1.807, 2.05) is 6.92 Å². The molecule has 0 heterocycles. The number of carbonyl (C=O) groups excluding carboxylic acids is 1. The van der Waals surface area contributed by atoms with Gasteiger partial charge >= 0.3 is 5.97 Å². The van der Waals surface area contributed by atoms with E-state index in [0.717, 1.165) is 5.57 Å². The lowest BCUT2D eigenvalue weighted by Crippen LogP contribution is -2.07. The Kier molecular flexibility index (Phi) is 9.78. The first-order valence-electron chi connectivity index (χ1n) is 5.56. The first kappa shape index (κ1) is 19.4. The second-order valence-electron chi connectivity index (χ2n) is 3.87. The Morgan fingerprint density at radius 3 is 2.22 bits per heavy atom. The van der Waals surface area contributed by atoms with Gasteiger partial charge in [-0.15, -0.1) is 0 Å². The molecule has 0 spiro atoms. The molecule has 0 atom stereocenters. The van der Waals surface area contributed by atoms with Gasteiger partial charge < -0.3 is 10.9 Å². The van der Waals surface area contributed by atoms with E-state index in [9.17, 15) is 13.2 Å². The van der Waals surface area contributed by atoms with Gasteiger partial charge in [0.1, 0.15) is 0 Å². The quantitative estimate of drug-likeness (QED) is 0.319. The molecule has 0 saturated carbocycles. The zero-order valence-corrected chi connectivity index (χ0v) is 12.0. The van der Waals surface area contributed by atoms with Crippen LogP contribution < -0.4 is 6.15 Å². The van der Waals surface area contributed by atoms with Crippen LogP contribution in [0.4, 0.5) is 0 Å². The molecule has 0 unspecified atom stereocenters. The van der Waals surface area contributed by atoms with Gasteiger partial charge in [0.2, 0.25) is 0 Å². The van der Waals surface area contributed by atoms with Crippen LogP contribution in [0.2, 0.25) is 0 Å². The summed E-state index contributed by atoms with van der Waals surface area (Å²) in [4.78, 5) is 11.4. The van der Waals surface area contributed by atoms with Gasteiger partial charge in [-0.1, -0.05) is 5.57 Å². The van der Waals surface area contributed by atoms with Crippen LogP contribution in [0.5, 0.6) is 0 Å². The minimum atomic E-state index is -3.87. The van der Waals surface area contributed by atoms with Crippen LogP contribution >= 0.6 is 0 Å². The molecule has 0 fully saturated rings. The number of allylic oxidation sites excluding steroid dienone is 1. The molecule has 0 aromatic heterocycles. The lowest BCUT2D eigenvalue weighted by atomic mass is 10.1. The average molecular weight is 281 g/mol. The standard InChI is InChI=1S/C11H20O5S.H3N/c1-4-16-11(12)10(3)9(2)7-5-6-8-17(13,14)15;/h4-8H2,1-3H3,(H,13,14,15);1H3. The Balaban J connectivity index is 0. The normalized spacial score (nSPS) is 12.4. The van der Waals surface area contributed by atoms with Gasteiger partial charge in [0.15, 0.2) is 0 Å². The lowest BCUT2D eigenvalue weighted by molar-refractivity contribution is -0.138. The summed E-state index contributed by atoms with van der Waals surface area (Å²) >= 11 is 0. The summed E-state index contributed by atoms with van der Waals surface area (Å²) < 4.78 is 34.3. The van der Waals surface area contributed by atoms with Crippen molar-refractivity contribution in [2.75, 3.05) is 12.4 Å². The molecular formula is C11H23NO5S. The van der Waals surface area contributed by atoms with Crippen molar-refractivity contribution in [1.82, 2.24) is 6.15 Å². The van der Waals surface area contributed by atoms with Crippen molar-refractivity contribution in [3.63, 3.8) is 0 Å². The summed E-state index contributed by atoms with van der Waals surface area (Å²) in [5.41, 5.74) is 1.46. The molecule has 0 radical (unpaired) electrons. The predicted octanol–water partition coefficient (Wildman–Crippen LogP) is 2.11. The molecule has 0 aliphatic heterocycles. The summed E-state index contributed by atoms with van der Waals surface area (Å²) in [6.07, 6.45) is 1.62.